The maximum absolute atomic E-state index is 11.9. The van der Waals surface area contributed by atoms with Crippen LogP contribution in [-0.4, -0.2) is 34.7 Å². The van der Waals surface area contributed by atoms with Gasteiger partial charge in [0.05, 0.1) is 38.5 Å². The summed E-state index contributed by atoms with van der Waals surface area (Å²) in [5.41, 5.74) is 6.02. The topological polar surface area (TPSA) is 90.9 Å². The van der Waals surface area contributed by atoms with Crippen molar-refractivity contribution in [3.63, 3.8) is 0 Å². The highest BCUT2D eigenvalue weighted by Gasteiger charge is 2.27. The molecule has 0 bridgehead atoms. The molecule has 0 aliphatic rings. The SMILES string of the molecule is COc1c(OCc2ccccc2)c(C)c(Br)c(OCc2ccccc2)c1OC.COc1c(OCc2ccccc2)c(C)c(C=O)c(OCc2ccccc2)c1OC. The molecule has 6 aromatic rings. The average molecular weight is 836 g/mol. The van der Waals surface area contributed by atoms with E-state index in [0.29, 0.717) is 83.6 Å². The molecule has 10 heteroatoms. The molecule has 6 rings (SSSR count). The second-order valence-corrected chi connectivity index (χ2v) is 13.4. The molecule has 296 valence electrons. The molecule has 0 N–H and O–H groups in total. The van der Waals surface area contributed by atoms with Crippen molar-refractivity contribution in [2.45, 2.75) is 40.3 Å². The van der Waals surface area contributed by atoms with Crippen LogP contribution in [0.15, 0.2) is 126 Å². The maximum atomic E-state index is 11.9. The van der Waals surface area contributed by atoms with Crippen LogP contribution in [0.5, 0.6) is 46.0 Å². The molecule has 0 amide bonds. The van der Waals surface area contributed by atoms with E-state index < -0.39 is 0 Å². The van der Waals surface area contributed by atoms with E-state index in [4.69, 9.17) is 37.9 Å². The first kappa shape index (κ1) is 42.0. The van der Waals surface area contributed by atoms with Gasteiger partial charge in [0.2, 0.25) is 23.0 Å². The molecule has 0 saturated heterocycles. The van der Waals surface area contributed by atoms with Crippen LogP contribution in [0.1, 0.15) is 43.7 Å². The number of methoxy groups -OCH3 is 4. The fourth-order valence-corrected chi connectivity index (χ4v) is 6.43. The summed E-state index contributed by atoms with van der Waals surface area (Å²) in [6.45, 7) is 5.25. The Hall–Kier alpha value is -6.13. The van der Waals surface area contributed by atoms with Crippen molar-refractivity contribution in [2.24, 2.45) is 0 Å². The molecule has 0 atom stereocenters. The summed E-state index contributed by atoms with van der Waals surface area (Å²) in [5, 5.41) is 0. The summed E-state index contributed by atoms with van der Waals surface area (Å²) in [6, 6.07) is 39.5. The first-order valence-corrected chi connectivity index (χ1v) is 19.0. The van der Waals surface area contributed by atoms with Gasteiger partial charge >= 0.3 is 0 Å². The average Bonchev–Trinajstić information content (AvgIpc) is 3.26. The minimum absolute atomic E-state index is 0.296. The van der Waals surface area contributed by atoms with E-state index in [2.05, 4.69) is 15.9 Å². The first-order chi connectivity index (χ1) is 27.8. The van der Waals surface area contributed by atoms with Gasteiger partial charge in [-0.25, -0.2) is 0 Å². The van der Waals surface area contributed by atoms with Crippen LogP contribution in [0.2, 0.25) is 0 Å². The molecule has 0 saturated carbocycles. The van der Waals surface area contributed by atoms with E-state index in [9.17, 15) is 4.79 Å². The second-order valence-electron chi connectivity index (χ2n) is 12.6. The number of hydrogen-bond acceptors (Lipinski definition) is 9. The maximum Gasteiger partial charge on any atom is 0.208 e. The van der Waals surface area contributed by atoms with Crippen molar-refractivity contribution in [1.29, 1.82) is 0 Å². The van der Waals surface area contributed by atoms with E-state index in [1.54, 1.807) is 21.1 Å². The fourth-order valence-electron chi connectivity index (χ4n) is 5.96. The quantitative estimate of drug-likeness (QED) is 0.0833. The normalized spacial score (nSPS) is 10.4. The van der Waals surface area contributed by atoms with E-state index in [0.717, 1.165) is 38.6 Å². The number of hydrogen-bond donors (Lipinski definition) is 0. The number of benzene rings is 6. The Labute approximate surface area is 343 Å². The molecule has 0 spiro atoms. The largest absolute Gasteiger partial charge is 0.490 e. The van der Waals surface area contributed by atoms with Crippen molar-refractivity contribution in [3.8, 4) is 46.0 Å². The predicted octanol–water partition coefficient (Wildman–Crippen LogP) is 10.9. The Balaban J connectivity index is 0.000000218. The van der Waals surface area contributed by atoms with Gasteiger partial charge in [-0.3, -0.25) is 4.79 Å². The predicted molar refractivity (Wildman–Crippen MR) is 225 cm³/mol. The van der Waals surface area contributed by atoms with Gasteiger partial charge in [0, 0.05) is 11.1 Å². The lowest BCUT2D eigenvalue weighted by molar-refractivity contribution is 0.111. The number of rotatable bonds is 17. The highest BCUT2D eigenvalue weighted by molar-refractivity contribution is 9.10. The molecule has 9 nitrogen and oxygen atoms in total. The number of halogens is 1. The number of carbonyl (C=O) groups excluding carboxylic acids is 1. The Morgan fingerprint density at radius 3 is 1.02 bits per heavy atom. The molecule has 0 aliphatic carbocycles. The van der Waals surface area contributed by atoms with Gasteiger partial charge in [-0.1, -0.05) is 121 Å². The van der Waals surface area contributed by atoms with Gasteiger partial charge in [-0.15, -0.1) is 0 Å². The zero-order valence-electron chi connectivity index (χ0n) is 33.0. The molecule has 6 aromatic carbocycles. The van der Waals surface area contributed by atoms with Crippen LogP contribution in [0, 0.1) is 13.8 Å². The molecule has 0 heterocycles. The third-order valence-corrected chi connectivity index (χ3v) is 9.89. The minimum atomic E-state index is 0.296. The first-order valence-electron chi connectivity index (χ1n) is 18.2. The lowest BCUT2D eigenvalue weighted by Gasteiger charge is -2.21. The molecular formula is C47H47BrO9. The van der Waals surface area contributed by atoms with E-state index in [1.165, 1.54) is 14.2 Å². The third kappa shape index (κ3) is 10.6. The van der Waals surface area contributed by atoms with Gasteiger partial charge in [-0.2, -0.15) is 0 Å². The molecule has 0 aliphatic heterocycles. The molecule has 0 radical (unpaired) electrons. The molecular weight excluding hydrogens is 788 g/mol. The summed E-state index contributed by atoms with van der Waals surface area (Å²) in [4.78, 5) is 11.9. The van der Waals surface area contributed by atoms with Crippen LogP contribution in [0.25, 0.3) is 0 Å². The highest BCUT2D eigenvalue weighted by Crippen LogP contribution is 2.52. The van der Waals surface area contributed by atoms with Gasteiger partial charge in [0.15, 0.2) is 29.3 Å². The van der Waals surface area contributed by atoms with Gasteiger partial charge in [0.1, 0.15) is 26.4 Å². The number of carbonyl (C=O) groups is 1. The zero-order valence-corrected chi connectivity index (χ0v) is 34.6. The molecule has 57 heavy (non-hydrogen) atoms. The second kappa shape index (κ2) is 21.2. The van der Waals surface area contributed by atoms with Crippen molar-refractivity contribution in [1.82, 2.24) is 0 Å². The van der Waals surface area contributed by atoms with E-state index in [-0.39, 0.29) is 0 Å². The fraction of sp³-hybridized carbons (Fsp3) is 0.213. The van der Waals surface area contributed by atoms with Crippen LogP contribution < -0.4 is 37.9 Å². The lowest BCUT2D eigenvalue weighted by atomic mass is 10.1. The van der Waals surface area contributed by atoms with Crippen molar-refractivity contribution in [2.75, 3.05) is 28.4 Å². The Bertz CT molecular complexity index is 2100. The van der Waals surface area contributed by atoms with Crippen molar-refractivity contribution >= 4 is 22.2 Å². The van der Waals surface area contributed by atoms with Crippen LogP contribution >= 0.6 is 15.9 Å². The Morgan fingerprint density at radius 1 is 0.404 bits per heavy atom. The lowest BCUT2D eigenvalue weighted by Crippen LogP contribution is -2.07. The monoisotopic (exact) mass is 834 g/mol. The van der Waals surface area contributed by atoms with Gasteiger partial charge in [0.25, 0.3) is 0 Å². The Kier molecular flexibility index (Phi) is 15.7. The number of aldehydes is 1. The smallest absolute Gasteiger partial charge is 0.208 e. The summed E-state index contributed by atoms with van der Waals surface area (Å²) >= 11 is 3.65. The summed E-state index contributed by atoms with van der Waals surface area (Å²) in [6.07, 6.45) is 0.757. The van der Waals surface area contributed by atoms with Crippen molar-refractivity contribution in [3.05, 3.63) is 165 Å². The summed E-state index contributed by atoms with van der Waals surface area (Å²) in [5.74, 6) is 3.76. The van der Waals surface area contributed by atoms with Crippen molar-refractivity contribution < 1.29 is 42.7 Å². The van der Waals surface area contributed by atoms with Crippen LogP contribution in [0.4, 0.5) is 0 Å². The van der Waals surface area contributed by atoms with E-state index in [1.807, 2.05) is 128 Å². The highest BCUT2D eigenvalue weighted by atomic mass is 79.9. The van der Waals surface area contributed by atoms with Crippen LogP contribution in [0.3, 0.4) is 0 Å². The van der Waals surface area contributed by atoms with E-state index >= 15 is 0 Å². The molecule has 0 aromatic heterocycles. The standard InChI is InChI=1S/C24H24O5.C23H23BrO4/c1-17-20(14-25)22(29-16-19-12-8-5-9-13-19)24(27-3)23(26-2)21(17)28-15-18-10-6-4-7-11-18;1-16-19(24)21(28-15-18-12-8-5-9-13-18)23(26-3)22(25-2)20(16)27-14-17-10-6-4-7-11-17/h4-14H,15-16H2,1-3H3;4-13H,14-15H2,1-3H3. The molecule has 0 unspecified atom stereocenters. The number of ether oxygens (including phenoxy) is 8. The third-order valence-electron chi connectivity index (χ3n) is 8.93. The van der Waals surface area contributed by atoms with Crippen LogP contribution in [-0.2, 0) is 26.4 Å². The van der Waals surface area contributed by atoms with Gasteiger partial charge < -0.3 is 37.9 Å². The minimum Gasteiger partial charge on any atom is -0.490 e. The Morgan fingerprint density at radius 2 is 0.684 bits per heavy atom. The zero-order chi connectivity index (χ0) is 40.6. The molecule has 0 fully saturated rings. The van der Waals surface area contributed by atoms with Gasteiger partial charge in [-0.05, 0) is 52.0 Å². The summed E-state index contributed by atoms with van der Waals surface area (Å²) in [7, 11) is 6.24. The summed E-state index contributed by atoms with van der Waals surface area (Å²) < 4.78 is 47.4.